The fourth-order valence-electron chi connectivity index (χ4n) is 2.77. The molecule has 0 spiro atoms. The van der Waals surface area contributed by atoms with Crippen molar-refractivity contribution < 1.29 is 9.72 Å². The molecule has 0 saturated heterocycles. The van der Waals surface area contributed by atoms with E-state index < -0.39 is 4.92 Å². The highest BCUT2D eigenvalue weighted by molar-refractivity contribution is 6.13. The number of nitro benzene ring substituents is 1. The molecule has 1 N–H and O–H groups in total. The number of rotatable bonds is 2. The Bertz CT molecular complexity index is 787. The van der Waals surface area contributed by atoms with Crippen molar-refractivity contribution in [1.82, 2.24) is 9.88 Å². The Morgan fingerprint density at radius 3 is 2.76 bits per heavy atom. The SMILES string of the molecule is CN(C)C=C1CCc2c([nH]c3ccc([N+](=O)[O-])cc23)C1=O. The molecule has 2 aromatic rings. The van der Waals surface area contributed by atoms with Gasteiger partial charge in [0.05, 0.1) is 10.6 Å². The molecular formula is C15H15N3O3. The van der Waals surface area contributed by atoms with Crippen LogP contribution >= 0.6 is 0 Å². The standard InChI is InChI=1S/C15H15N3O3/c1-17(2)8-9-3-5-11-12-7-10(18(20)21)4-6-13(12)16-14(11)15(9)19/h4,6-8,16H,3,5H2,1-2H3. The molecule has 1 aliphatic carbocycles. The van der Waals surface area contributed by atoms with Crippen LogP contribution in [-0.4, -0.2) is 34.7 Å². The lowest BCUT2D eigenvalue weighted by Crippen LogP contribution is -2.16. The number of Topliss-reactive ketones (excluding diaryl/α,β-unsaturated/α-hetero) is 1. The maximum Gasteiger partial charge on any atom is 0.270 e. The first-order chi connectivity index (χ1) is 9.97. The average molecular weight is 285 g/mol. The van der Waals surface area contributed by atoms with Gasteiger partial charge in [-0.05, 0) is 24.5 Å². The first-order valence-electron chi connectivity index (χ1n) is 6.68. The number of nitrogens with one attached hydrogen (secondary N) is 1. The molecule has 6 heteroatoms. The highest BCUT2D eigenvalue weighted by Gasteiger charge is 2.26. The molecule has 1 heterocycles. The van der Waals surface area contributed by atoms with Gasteiger partial charge in [0.2, 0.25) is 5.78 Å². The van der Waals surface area contributed by atoms with Crippen LogP contribution in [0.3, 0.4) is 0 Å². The third-order valence-electron chi connectivity index (χ3n) is 3.68. The number of H-pyrrole nitrogens is 1. The van der Waals surface area contributed by atoms with Crippen LogP contribution in [0.15, 0.2) is 30.0 Å². The molecule has 0 atom stereocenters. The van der Waals surface area contributed by atoms with Crippen molar-refractivity contribution in [2.24, 2.45) is 0 Å². The van der Waals surface area contributed by atoms with Gasteiger partial charge in [0.25, 0.3) is 5.69 Å². The molecule has 21 heavy (non-hydrogen) atoms. The van der Waals surface area contributed by atoms with Gasteiger partial charge in [-0.2, -0.15) is 0 Å². The zero-order valence-electron chi connectivity index (χ0n) is 11.8. The van der Waals surface area contributed by atoms with Crippen molar-refractivity contribution in [3.8, 4) is 0 Å². The van der Waals surface area contributed by atoms with Crippen molar-refractivity contribution in [2.75, 3.05) is 14.1 Å². The largest absolute Gasteiger partial charge is 0.383 e. The molecule has 0 radical (unpaired) electrons. The van der Waals surface area contributed by atoms with Crippen molar-refractivity contribution >= 4 is 22.4 Å². The number of benzene rings is 1. The van der Waals surface area contributed by atoms with Gasteiger partial charge in [0.15, 0.2) is 0 Å². The summed E-state index contributed by atoms with van der Waals surface area (Å²) in [4.78, 5) is 27.9. The summed E-state index contributed by atoms with van der Waals surface area (Å²) in [5.74, 6) is -0.0243. The number of fused-ring (bicyclic) bond motifs is 3. The number of nitrogens with zero attached hydrogens (tertiary/aromatic N) is 2. The smallest absolute Gasteiger partial charge is 0.270 e. The van der Waals surface area contributed by atoms with E-state index in [1.54, 1.807) is 12.1 Å². The Labute approximate surface area is 121 Å². The van der Waals surface area contributed by atoms with Crippen molar-refractivity contribution in [2.45, 2.75) is 12.8 Å². The maximum atomic E-state index is 12.5. The van der Waals surface area contributed by atoms with Crippen LogP contribution in [0.4, 0.5) is 5.69 Å². The van der Waals surface area contributed by atoms with Crippen LogP contribution < -0.4 is 0 Å². The molecule has 1 aromatic carbocycles. The molecule has 0 fully saturated rings. The monoisotopic (exact) mass is 285 g/mol. The van der Waals surface area contributed by atoms with Gasteiger partial charge >= 0.3 is 0 Å². The van der Waals surface area contributed by atoms with Crippen molar-refractivity contribution in [3.63, 3.8) is 0 Å². The number of aromatic amines is 1. The van der Waals surface area contributed by atoms with E-state index >= 15 is 0 Å². The zero-order chi connectivity index (χ0) is 15.1. The fourth-order valence-corrected chi connectivity index (χ4v) is 2.77. The summed E-state index contributed by atoms with van der Waals surface area (Å²) in [6.45, 7) is 0. The molecule has 0 unspecified atom stereocenters. The van der Waals surface area contributed by atoms with Gasteiger partial charge in [-0.25, -0.2) is 0 Å². The molecule has 0 amide bonds. The second kappa shape index (κ2) is 4.73. The summed E-state index contributed by atoms with van der Waals surface area (Å²) in [6, 6.07) is 4.65. The Hall–Kier alpha value is -2.63. The topological polar surface area (TPSA) is 79.2 Å². The second-order valence-corrected chi connectivity index (χ2v) is 5.41. The van der Waals surface area contributed by atoms with Crippen LogP contribution in [0, 0.1) is 10.1 Å². The number of carbonyl (C=O) groups is 1. The maximum absolute atomic E-state index is 12.5. The third kappa shape index (κ3) is 2.18. The summed E-state index contributed by atoms with van der Waals surface area (Å²) < 4.78 is 0. The number of nitro groups is 1. The van der Waals surface area contributed by atoms with Gasteiger partial charge in [0, 0.05) is 48.9 Å². The quantitative estimate of drug-likeness (QED) is 0.522. The molecule has 1 aromatic heterocycles. The lowest BCUT2D eigenvalue weighted by molar-refractivity contribution is -0.384. The summed E-state index contributed by atoms with van der Waals surface area (Å²) in [7, 11) is 3.76. The van der Waals surface area contributed by atoms with E-state index in [0.29, 0.717) is 18.5 Å². The van der Waals surface area contributed by atoms with Gasteiger partial charge in [-0.1, -0.05) is 0 Å². The minimum atomic E-state index is -0.416. The Balaban J connectivity index is 2.14. The second-order valence-electron chi connectivity index (χ2n) is 5.41. The lowest BCUT2D eigenvalue weighted by Gasteiger charge is -2.16. The molecule has 0 bridgehead atoms. The predicted molar refractivity (Wildman–Crippen MR) is 79.4 cm³/mol. The fraction of sp³-hybridized carbons (Fsp3) is 0.267. The normalized spacial score (nSPS) is 16.3. The van der Waals surface area contributed by atoms with Crippen LogP contribution in [-0.2, 0) is 6.42 Å². The molecule has 0 saturated carbocycles. The number of ketones is 1. The molecule has 108 valence electrons. The minimum Gasteiger partial charge on any atom is -0.383 e. The van der Waals surface area contributed by atoms with E-state index in [1.165, 1.54) is 6.07 Å². The van der Waals surface area contributed by atoms with E-state index in [4.69, 9.17) is 0 Å². The number of allylic oxidation sites excluding steroid dienone is 1. The minimum absolute atomic E-state index is 0.0243. The van der Waals surface area contributed by atoms with Gasteiger partial charge in [-0.15, -0.1) is 0 Å². The van der Waals surface area contributed by atoms with Crippen LogP contribution in [0.2, 0.25) is 0 Å². The average Bonchev–Trinajstić information content (AvgIpc) is 2.80. The van der Waals surface area contributed by atoms with E-state index in [1.807, 2.05) is 25.2 Å². The Morgan fingerprint density at radius 1 is 1.33 bits per heavy atom. The van der Waals surface area contributed by atoms with Crippen molar-refractivity contribution in [1.29, 1.82) is 0 Å². The van der Waals surface area contributed by atoms with E-state index in [-0.39, 0.29) is 11.5 Å². The number of non-ortho nitro benzene ring substituents is 1. The summed E-state index contributed by atoms with van der Waals surface area (Å²) in [5.41, 5.74) is 3.02. The van der Waals surface area contributed by atoms with Crippen molar-refractivity contribution in [3.05, 3.63) is 51.3 Å². The van der Waals surface area contributed by atoms with E-state index in [2.05, 4.69) is 4.98 Å². The third-order valence-corrected chi connectivity index (χ3v) is 3.68. The first-order valence-corrected chi connectivity index (χ1v) is 6.68. The summed E-state index contributed by atoms with van der Waals surface area (Å²) in [5, 5.41) is 11.7. The molecule has 1 aliphatic rings. The predicted octanol–water partition coefficient (Wildman–Crippen LogP) is 2.65. The van der Waals surface area contributed by atoms with E-state index in [0.717, 1.165) is 22.0 Å². The number of carbonyl (C=O) groups excluding carboxylic acids is 1. The zero-order valence-corrected chi connectivity index (χ0v) is 11.8. The summed E-state index contributed by atoms with van der Waals surface area (Å²) >= 11 is 0. The van der Waals surface area contributed by atoms with Gasteiger partial charge in [0.1, 0.15) is 0 Å². The Kier molecular flexibility index (Phi) is 3.01. The molecule has 0 aliphatic heterocycles. The summed E-state index contributed by atoms with van der Waals surface area (Å²) in [6.07, 6.45) is 3.20. The molecular weight excluding hydrogens is 270 g/mol. The van der Waals surface area contributed by atoms with Gasteiger partial charge < -0.3 is 9.88 Å². The van der Waals surface area contributed by atoms with Gasteiger partial charge in [-0.3, -0.25) is 14.9 Å². The van der Waals surface area contributed by atoms with Crippen LogP contribution in [0.1, 0.15) is 22.5 Å². The van der Waals surface area contributed by atoms with Crippen LogP contribution in [0.25, 0.3) is 10.9 Å². The number of aryl methyl sites for hydroxylation is 1. The number of hydrogen-bond acceptors (Lipinski definition) is 4. The highest BCUT2D eigenvalue weighted by atomic mass is 16.6. The number of aromatic nitrogens is 1. The van der Waals surface area contributed by atoms with E-state index in [9.17, 15) is 14.9 Å². The van der Waals surface area contributed by atoms with Crippen LogP contribution in [0.5, 0.6) is 0 Å². The Morgan fingerprint density at radius 2 is 2.10 bits per heavy atom. The highest BCUT2D eigenvalue weighted by Crippen LogP contribution is 2.33. The number of hydrogen-bond donors (Lipinski definition) is 1. The molecule has 6 nitrogen and oxygen atoms in total. The first kappa shape index (κ1) is 13.4. The molecule has 3 rings (SSSR count). The lowest BCUT2D eigenvalue weighted by atomic mass is 9.90.